The molecule has 0 aliphatic rings. The fourth-order valence-corrected chi connectivity index (χ4v) is 2.28. The fourth-order valence-electron chi connectivity index (χ4n) is 1.57. The average molecular weight is 335 g/mol. The van der Waals surface area contributed by atoms with Gasteiger partial charge in [0.25, 0.3) is 0 Å². The molecule has 0 saturated heterocycles. The van der Waals surface area contributed by atoms with Crippen LogP contribution >= 0.6 is 46.4 Å². The minimum atomic E-state index is -0.322. The second-order valence-electron chi connectivity index (χ2n) is 3.81. The van der Waals surface area contributed by atoms with Gasteiger partial charge in [0.1, 0.15) is 0 Å². The highest BCUT2D eigenvalue weighted by atomic mass is 35.5. The molecule has 6 heteroatoms. The highest BCUT2D eigenvalue weighted by Crippen LogP contribution is 2.31. The van der Waals surface area contributed by atoms with Crippen LogP contribution in [-0.4, -0.2) is 5.78 Å². The minimum Gasteiger partial charge on any atom is -0.397 e. The van der Waals surface area contributed by atoms with Gasteiger partial charge < -0.3 is 5.73 Å². The summed E-state index contributed by atoms with van der Waals surface area (Å²) in [6.07, 6.45) is 0. The lowest BCUT2D eigenvalue weighted by molar-refractivity contribution is 0.103. The first-order valence-corrected chi connectivity index (χ1v) is 6.65. The largest absolute Gasteiger partial charge is 0.397 e. The Balaban J connectivity index is 2.53. The van der Waals surface area contributed by atoms with Crippen LogP contribution in [0, 0.1) is 0 Å². The molecule has 0 atom stereocenters. The number of halogens is 4. The predicted octanol–water partition coefficient (Wildman–Crippen LogP) is 5.11. The van der Waals surface area contributed by atoms with Gasteiger partial charge in [-0.25, -0.2) is 0 Å². The molecular formula is C13H7Cl4NO. The van der Waals surface area contributed by atoms with E-state index in [2.05, 4.69) is 0 Å². The lowest BCUT2D eigenvalue weighted by Gasteiger charge is -2.07. The van der Waals surface area contributed by atoms with E-state index in [1.54, 1.807) is 12.1 Å². The van der Waals surface area contributed by atoms with Gasteiger partial charge in [-0.15, -0.1) is 0 Å². The van der Waals surface area contributed by atoms with Crippen molar-refractivity contribution in [2.45, 2.75) is 0 Å². The van der Waals surface area contributed by atoms with Crippen molar-refractivity contribution in [2.75, 3.05) is 5.73 Å². The van der Waals surface area contributed by atoms with E-state index in [9.17, 15) is 4.79 Å². The van der Waals surface area contributed by atoms with E-state index in [1.165, 1.54) is 18.2 Å². The highest BCUT2D eigenvalue weighted by Gasteiger charge is 2.16. The molecule has 0 heterocycles. The summed E-state index contributed by atoms with van der Waals surface area (Å²) < 4.78 is 0. The van der Waals surface area contributed by atoms with Gasteiger partial charge in [0.2, 0.25) is 0 Å². The summed E-state index contributed by atoms with van der Waals surface area (Å²) in [5.41, 5.74) is 6.50. The SMILES string of the molecule is Nc1cc(C(=O)c2cc(Cl)ccc2Cl)cc(Cl)c1Cl. The Labute approximate surface area is 130 Å². The van der Waals surface area contributed by atoms with Crippen molar-refractivity contribution in [1.29, 1.82) is 0 Å². The van der Waals surface area contributed by atoms with Gasteiger partial charge in [-0.1, -0.05) is 46.4 Å². The Bertz CT molecular complexity index is 647. The molecule has 0 fully saturated rings. The van der Waals surface area contributed by atoms with Gasteiger partial charge in [-0.05, 0) is 30.3 Å². The Morgan fingerprint density at radius 2 is 1.63 bits per heavy atom. The molecule has 2 N–H and O–H groups in total. The summed E-state index contributed by atoms with van der Waals surface area (Å²) in [6.45, 7) is 0. The van der Waals surface area contributed by atoms with Gasteiger partial charge in [0, 0.05) is 16.1 Å². The first-order chi connectivity index (χ1) is 8.90. The van der Waals surface area contributed by atoms with Crippen molar-refractivity contribution in [2.24, 2.45) is 0 Å². The third-order valence-electron chi connectivity index (χ3n) is 2.49. The molecule has 0 aliphatic heterocycles. The third kappa shape index (κ3) is 2.98. The molecule has 2 rings (SSSR count). The normalized spacial score (nSPS) is 10.5. The molecule has 19 heavy (non-hydrogen) atoms. The standard InChI is InChI=1S/C13H7Cl4NO/c14-7-1-2-9(15)8(5-7)13(19)6-3-10(16)12(17)11(18)4-6/h1-5H,18H2. The van der Waals surface area contributed by atoms with Crippen molar-refractivity contribution >= 4 is 57.9 Å². The number of rotatable bonds is 2. The van der Waals surface area contributed by atoms with Crippen LogP contribution in [0.3, 0.4) is 0 Å². The van der Waals surface area contributed by atoms with Crippen LogP contribution in [0.4, 0.5) is 5.69 Å². The van der Waals surface area contributed by atoms with E-state index in [4.69, 9.17) is 52.1 Å². The quantitative estimate of drug-likeness (QED) is 0.612. The first-order valence-electron chi connectivity index (χ1n) is 5.14. The van der Waals surface area contributed by atoms with Crippen LogP contribution in [0.15, 0.2) is 30.3 Å². The molecule has 0 saturated carbocycles. The molecule has 2 aromatic carbocycles. The van der Waals surface area contributed by atoms with Gasteiger partial charge in [-0.2, -0.15) is 0 Å². The number of hydrogen-bond acceptors (Lipinski definition) is 2. The maximum absolute atomic E-state index is 12.3. The number of nitrogens with two attached hydrogens (primary N) is 1. The van der Waals surface area contributed by atoms with Crippen LogP contribution in [0.2, 0.25) is 20.1 Å². The molecule has 0 radical (unpaired) electrons. The van der Waals surface area contributed by atoms with E-state index in [0.717, 1.165) is 0 Å². The summed E-state index contributed by atoms with van der Waals surface area (Å²) in [6, 6.07) is 7.54. The van der Waals surface area contributed by atoms with E-state index >= 15 is 0 Å². The number of ketones is 1. The Morgan fingerprint density at radius 1 is 0.947 bits per heavy atom. The van der Waals surface area contributed by atoms with Gasteiger partial charge in [0.05, 0.1) is 20.8 Å². The number of hydrogen-bond donors (Lipinski definition) is 1. The van der Waals surface area contributed by atoms with Crippen LogP contribution in [-0.2, 0) is 0 Å². The zero-order chi connectivity index (χ0) is 14.2. The summed E-state index contributed by atoms with van der Waals surface area (Å²) in [5, 5.41) is 1.15. The molecule has 0 aliphatic carbocycles. The topological polar surface area (TPSA) is 43.1 Å². The molecule has 2 aromatic rings. The molecule has 2 nitrogen and oxygen atoms in total. The Kier molecular flexibility index (Phi) is 4.26. The smallest absolute Gasteiger partial charge is 0.194 e. The molecule has 0 spiro atoms. The first kappa shape index (κ1) is 14.5. The minimum absolute atomic E-state index is 0.211. The lowest BCUT2D eigenvalue weighted by atomic mass is 10.0. The van der Waals surface area contributed by atoms with Crippen molar-refractivity contribution < 1.29 is 4.79 Å². The number of benzene rings is 2. The maximum Gasteiger partial charge on any atom is 0.194 e. The Morgan fingerprint density at radius 3 is 2.26 bits per heavy atom. The molecular weight excluding hydrogens is 328 g/mol. The Hall–Kier alpha value is -0.930. The summed E-state index contributed by atoms with van der Waals surface area (Å²) in [7, 11) is 0. The summed E-state index contributed by atoms with van der Waals surface area (Å²) >= 11 is 23.6. The van der Waals surface area contributed by atoms with E-state index in [-0.39, 0.29) is 27.1 Å². The average Bonchev–Trinajstić information content (AvgIpc) is 2.37. The van der Waals surface area contributed by atoms with Crippen LogP contribution in [0.1, 0.15) is 15.9 Å². The second-order valence-corrected chi connectivity index (χ2v) is 5.44. The fraction of sp³-hybridized carbons (Fsp3) is 0. The van der Waals surface area contributed by atoms with Crippen LogP contribution < -0.4 is 5.73 Å². The van der Waals surface area contributed by atoms with Crippen molar-refractivity contribution in [1.82, 2.24) is 0 Å². The maximum atomic E-state index is 12.3. The number of carbonyl (C=O) groups excluding carboxylic acids is 1. The highest BCUT2D eigenvalue weighted by molar-refractivity contribution is 6.44. The van der Waals surface area contributed by atoms with Crippen molar-refractivity contribution in [3.8, 4) is 0 Å². The predicted molar refractivity (Wildman–Crippen MR) is 80.8 cm³/mol. The molecule has 0 amide bonds. The zero-order valence-corrected chi connectivity index (χ0v) is 12.4. The molecule has 98 valence electrons. The molecule has 0 aromatic heterocycles. The lowest BCUT2D eigenvalue weighted by Crippen LogP contribution is -2.03. The zero-order valence-electron chi connectivity index (χ0n) is 9.38. The summed E-state index contributed by atoms with van der Waals surface area (Å²) in [4.78, 5) is 12.3. The van der Waals surface area contributed by atoms with Crippen molar-refractivity contribution in [3.05, 3.63) is 61.5 Å². The monoisotopic (exact) mass is 333 g/mol. The summed E-state index contributed by atoms with van der Waals surface area (Å²) in [5.74, 6) is -0.322. The number of nitrogen functional groups attached to an aromatic ring is 1. The van der Waals surface area contributed by atoms with Crippen LogP contribution in [0.25, 0.3) is 0 Å². The van der Waals surface area contributed by atoms with Crippen molar-refractivity contribution in [3.63, 3.8) is 0 Å². The van der Waals surface area contributed by atoms with E-state index < -0.39 is 0 Å². The van der Waals surface area contributed by atoms with Gasteiger partial charge in [-0.3, -0.25) is 4.79 Å². The molecule has 0 bridgehead atoms. The number of carbonyl (C=O) groups is 1. The van der Waals surface area contributed by atoms with Crippen LogP contribution in [0.5, 0.6) is 0 Å². The second kappa shape index (κ2) is 5.59. The third-order valence-corrected chi connectivity index (χ3v) is 3.87. The number of anilines is 1. The van der Waals surface area contributed by atoms with Gasteiger partial charge in [0.15, 0.2) is 5.78 Å². The van der Waals surface area contributed by atoms with E-state index in [1.807, 2.05) is 0 Å². The van der Waals surface area contributed by atoms with Gasteiger partial charge >= 0.3 is 0 Å². The van der Waals surface area contributed by atoms with E-state index in [0.29, 0.717) is 15.6 Å². The molecule has 0 unspecified atom stereocenters.